The lowest BCUT2D eigenvalue weighted by molar-refractivity contribution is 0.122. The first-order valence-corrected chi connectivity index (χ1v) is 13.9. The van der Waals surface area contributed by atoms with Gasteiger partial charge in [-0.15, -0.1) is 10.2 Å². The fraction of sp³-hybridized carbons (Fsp3) is 0.385. The number of nitrogens with one attached hydrogen (secondary N) is 2. The Morgan fingerprint density at radius 1 is 1.30 bits per heavy atom. The van der Waals surface area contributed by atoms with Crippen LogP contribution in [-0.2, 0) is 22.4 Å². The largest absolute Gasteiger partial charge is 0.445 e. The monoisotopic (exact) mass is 540 g/mol. The van der Waals surface area contributed by atoms with Crippen LogP contribution >= 0.6 is 23.1 Å². The van der Waals surface area contributed by atoms with Crippen LogP contribution in [0.2, 0.25) is 0 Å². The van der Waals surface area contributed by atoms with E-state index in [4.69, 9.17) is 14.5 Å². The summed E-state index contributed by atoms with van der Waals surface area (Å²) in [5, 5.41) is 15.9. The Morgan fingerprint density at radius 2 is 2.14 bits per heavy atom. The predicted molar refractivity (Wildman–Crippen MR) is 150 cm³/mol. The number of anilines is 3. The molecule has 4 rings (SSSR count). The second-order valence-corrected chi connectivity index (χ2v) is 11.0. The summed E-state index contributed by atoms with van der Waals surface area (Å²) < 4.78 is 11.5. The number of amides is 1. The molecule has 196 valence electrons. The van der Waals surface area contributed by atoms with Gasteiger partial charge in [0.25, 0.3) is 0 Å². The second kappa shape index (κ2) is 13.4. The molecule has 2 aromatic heterocycles. The summed E-state index contributed by atoms with van der Waals surface area (Å²) in [4.78, 5) is 19.1. The number of carbonyl (C=O) groups excluding carboxylic acids is 1. The molecule has 1 aliphatic heterocycles. The third-order valence-corrected chi connectivity index (χ3v) is 7.91. The lowest BCUT2D eigenvalue weighted by Gasteiger charge is -2.29. The molecule has 1 fully saturated rings. The highest BCUT2D eigenvalue weighted by atomic mass is 32.2. The van der Waals surface area contributed by atoms with Gasteiger partial charge in [-0.25, -0.2) is 9.78 Å². The van der Waals surface area contributed by atoms with Crippen LogP contribution in [0.4, 0.5) is 22.0 Å². The maximum atomic E-state index is 11.9. The van der Waals surface area contributed by atoms with E-state index < -0.39 is 6.09 Å². The van der Waals surface area contributed by atoms with Crippen LogP contribution in [0.1, 0.15) is 35.4 Å². The number of morpholine rings is 1. The number of nitrogens with zero attached hydrogens (tertiary/aromatic N) is 4. The van der Waals surface area contributed by atoms with Crippen molar-refractivity contribution in [2.24, 2.45) is 0 Å². The minimum atomic E-state index is -0.512. The smallest absolute Gasteiger partial charge is 0.411 e. The first-order chi connectivity index (χ1) is 18.0. The van der Waals surface area contributed by atoms with Crippen LogP contribution in [0.15, 0.2) is 53.4 Å². The molecule has 0 bridgehead atoms. The Hall–Kier alpha value is -3.15. The van der Waals surface area contributed by atoms with E-state index in [1.54, 1.807) is 23.1 Å². The molecule has 0 aliphatic carbocycles. The SMILES string of the molecule is C=CCOC(=O)Nc1cccc(CNc2cc(N3CCOCC3)cc(C(C)Sc3nnc(CC)s3)n2)c1. The van der Waals surface area contributed by atoms with Crippen molar-refractivity contribution in [1.82, 2.24) is 15.2 Å². The van der Waals surface area contributed by atoms with Crippen LogP contribution in [0, 0.1) is 0 Å². The normalized spacial score (nSPS) is 14.2. The maximum absolute atomic E-state index is 11.9. The molecule has 2 N–H and O–H groups in total. The van der Waals surface area contributed by atoms with Gasteiger partial charge in [-0.05, 0) is 37.1 Å². The van der Waals surface area contributed by atoms with E-state index in [0.29, 0.717) is 25.4 Å². The lowest BCUT2D eigenvalue weighted by Crippen LogP contribution is -2.36. The van der Waals surface area contributed by atoms with Crippen molar-refractivity contribution in [3.05, 3.63) is 65.3 Å². The molecule has 1 amide bonds. The molecule has 1 saturated heterocycles. The summed E-state index contributed by atoms with van der Waals surface area (Å²) in [6, 6.07) is 11.9. The van der Waals surface area contributed by atoms with Crippen molar-refractivity contribution < 1.29 is 14.3 Å². The number of hydrogen-bond acceptors (Lipinski definition) is 10. The number of thioether (sulfide) groups is 1. The average Bonchev–Trinajstić information content (AvgIpc) is 3.39. The van der Waals surface area contributed by atoms with Gasteiger partial charge < -0.3 is 19.7 Å². The number of aromatic nitrogens is 3. The van der Waals surface area contributed by atoms with Crippen LogP contribution in [0.5, 0.6) is 0 Å². The van der Waals surface area contributed by atoms with E-state index in [2.05, 4.69) is 58.3 Å². The van der Waals surface area contributed by atoms with E-state index in [1.807, 2.05) is 24.3 Å². The fourth-order valence-electron chi connectivity index (χ4n) is 3.72. The highest BCUT2D eigenvalue weighted by molar-refractivity contribution is 8.01. The molecule has 11 heteroatoms. The van der Waals surface area contributed by atoms with Crippen LogP contribution < -0.4 is 15.5 Å². The van der Waals surface area contributed by atoms with E-state index >= 15 is 0 Å². The molecule has 37 heavy (non-hydrogen) atoms. The quantitative estimate of drug-likeness (QED) is 0.240. The Balaban J connectivity index is 1.49. The van der Waals surface area contributed by atoms with Gasteiger partial charge in [0.15, 0.2) is 4.34 Å². The summed E-state index contributed by atoms with van der Waals surface area (Å²) in [5.41, 5.74) is 3.77. The highest BCUT2D eigenvalue weighted by Crippen LogP contribution is 2.37. The van der Waals surface area contributed by atoms with Gasteiger partial charge in [0.1, 0.15) is 17.4 Å². The summed E-state index contributed by atoms with van der Waals surface area (Å²) in [6.07, 6.45) is 1.91. The molecule has 1 aromatic carbocycles. The van der Waals surface area contributed by atoms with Gasteiger partial charge in [-0.2, -0.15) is 0 Å². The lowest BCUT2D eigenvalue weighted by atomic mass is 10.2. The molecule has 0 saturated carbocycles. The first kappa shape index (κ1) is 26.9. The van der Waals surface area contributed by atoms with Gasteiger partial charge in [-0.3, -0.25) is 5.32 Å². The average molecular weight is 541 g/mol. The molecular formula is C26H32N6O3S2. The van der Waals surface area contributed by atoms with Crippen molar-refractivity contribution in [1.29, 1.82) is 0 Å². The molecule has 1 unspecified atom stereocenters. The minimum absolute atomic E-state index is 0.105. The topological polar surface area (TPSA) is 102 Å². The zero-order valence-electron chi connectivity index (χ0n) is 21.1. The van der Waals surface area contributed by atoms with Crippen LogP contribution in [0.25, 0.3) is 0 Å². The van der Waals surface area contributed by atoms with Crippen LogP contribution in [0.3, 0.4) is 0 Å². The number of ether oxygens (including phenoxy) is 2. The van der Waals surface area contributed by atoms with Gasteiger partial charge >= 0.3 is 6.09 Å². The third kappa shape index (κ3) is 7.91. The van der Waals surface area contributed by atoms with E-state index in [0.717, 1.165) is 51.6 Å². The Kier molecular flexibility index (Phi) is 9.75. The van der Waals surface area contributed by atoms with Crippen molar-refractivity contribution in [3.63, 3.8) is 0 Å². The van der Waals surface area contributed by atoms with E-state index in [1.165, 1.54) is 6.08 Å². The summed E-state index contributed by atoms with van der Waals surface area (Å²) in [5.74, 6) is 0.793. The highest BCUT2D eigenvalue weighted by Gasteiger charge is 2.18. The number of aryl methyl sites for hydroxylation is 1. The fourth-order valence-corrected chi connectivity index (χ4v) is 5.78. The Labute approximate surface area is 225 Å². The third-order valence-electron chi connectivity index (χ3n) is 5.63. The van der Waals surface area contributed by atoms with E-state index in [-0.39, 0.29) is 11.9 Å². The van der Waals surface area contributed by atoms with Crippen molar-refractivity contribution in [3.8, 4) is 0 Å². The summed E-state index contributed by atoms with van der Waals surface area (Å²) in [6.45, 7) is 11.6. The molecule has 1 aliphatic rings. The standard InChI is InChI=1S/C26H32N6O3S2/c1-4-11-35-25(33)28-20-8-6-7-19(14-20)17-27-23-16-21(32-9-12-34-13-10-32)15-22(29-23)18(3)36-26-31-30-24(5-2)37-26/h4,6-8,14-16,18H,1,5,9-13,17H2,2-3H3,(H,27,29)(H,28,33). The zero-order chi connectivity index (χ0) is 26.0. The van der Waals surface area contributed by atoms with E-state index in [9.17, 15) is 4.79 Å². The number of hydrogen-bond donors (Lipinski definition) is 2. The van der Waals surface area contributed by atoms with Crippen molar-refractivity contribution in [2.45, 2.75) is 36.4 Å². The molecule has 0 radical (unpaired) electrons. The van der Waals surface area contributed by atoms with Crippen molar-refractivity contribution in [2.75, 3.05) is 48.4 Å². The number of carbonyl (C=O) groups is 1. The number of pyridine rings is 1. The first-order valence-electron chi connectivity index (χ1n) is 12.2. The second-order valence-electron chi connectivity index (χ2n) is 8.38. The van der Waals surface area contributed by atoms with Gasteiger partial charge in [0, 0.05) is 37.1 Å². The summed E-state index contributed by atoms with van der Waals surface area (Å²) in [7, 11) is 0. The molecule has 1 atom stereocenters. The predicted octanol–water partition coefficient (Wildman–Crippen LogP) is 5.53. The van der Waals surface area contributed by atoms with Gasteiger partial charge in [-0.1, -0.05) is 54.8 Å². The maximum Gasteiger partial charge on any atom is 0.411 e. The molecule has 3 aromatic rings. The van der Waals surface area contributed by atoms with Crippen molar-refractivity contribution >= 4 is 46.4 Å². The molecule has 3 heterocycles. The summed E-state index contributed by atoms with van der Waals surface area (Å²) >= 11 is 3.31. The Morgan fingerprint density at radius 3 is 2.89 bits per heavy atom. The Bertz CT molecular complexity index is 1200. The van der Waals surface area contributed by atoms with Crippen LogP contribution in [-0.4, -0.2) is 54.2 Å². The minimum Gasteiger partial charge on any atom is -0.445 e. The molecule has 9 nitrogen and oxygen atoms in total. The number of benzene rings is 1. The van der Waals surface area contributed by atoms with Gasteiger partial charge in [0.2, 0.25) is 0 Å². The van der Waals surface area contributed by atoms with Gasteiger partial charge in [0.05, 0.1) is 24.2 Å². The zero-order valence-corrected chi connectivity index (χ0v) is 22.7. The number of rotatable bonds is 11. The molecular weight excluding hydrogens is 508 g/mol. The molecule has 0 spiro atoms.